The zero-order valence-corrected chi connectivity index (χ0v) is 12.2. The van der Waals surface area contributed by atoms with Crippen LogP contribution < -0.4 is 5.32 Å². The first-order valence-corrected chi connectivity index (χ1v) is 7.29. The maximum atomic E-state index is 9.27. The molecule has 1 aromatic rings. The lowest BCUT2D eigenvalue weighted by molar-refractivity contribution is 0.367. The highest BCUT2D eigenvalue weighted by Crippen LogP contribution is 2.27. The third kappa shape index (κ3) is 4.25. The van der Waals surface area contributed by atoms with Gasteiger partial charge in [0.25, 0.3) is 0 Å². The lowest BCUT2D eigenvalue weighted by Gasteiger charge is -2.16. The molecule has 0 spiro atoms. The van der Waals surface area contributed by atoms with Crippen LogP contribution in [0.2, 0.25) is 0 Å². The molecule has 0 unspecified atom stereocenters. The molecule has 0 radical (unpaired) electrons. The maximum absolute atomic E-state index is 9.27. The van der Waals surface area contributed by atoms with E-state index in [1.165, 1.54) is 0 Å². The predicted octanol–water partition coefficient (Wildman–Crippen LogP) is 3.03. The fraction of sp³-hybridized carbons (Fsp3) is 0.500. The highest BCUT2D eigenvalue weighted by molar-refractivity contribution is 7.99. The van der Waals surface area contributed by atoms with Crippen LogP contribution in [0.3, 0.4) is 0 Å². The van der Waals surface area contributed by atoms with Crippen molar-refractivity contribution in [1.82, 2.24) is 4.90 Å². The van der Waals surface area contributed by atoms with E-state index in [1.807, 2.05) is 18.2 Å². The molecule has 0 heterocycles. The second-order valence-electron chi connectivity index (χ2n) is 4.05. The normalized spacial score (nSPS) is 10.4. The molecule has 0 bridgehead atoms. The van der Waals surface area contributed by atoms with Crippen LogP contribution in [0.25, 0.3) is 0 Å². The summed E-state index contributed by atoms with van der Waals surface area (Å²) in [5, 5.41) is 12.6. The Morgan fingerprint density at radius 1 is 1.39 bits per heavy atom. The van der Waals surface area contributed by atoms with Crippen LogP contribution in [-0.2, 0) is 0 Å². The molecule has 4 heteroatoms. The minimum absolute atomic E-state index is 0.767. The van der Waals surface area contributed by atoms with Crippen LogP contribution in [0.15, 0.2) is 23.1 Å². The Hall–Kier alpha value is -1.18. The summed E-state index contributed by atoms with van der Waals surface area (Å²) < 4.78 is 0. The summed E-state index contributed by atoms with van der Waals surface area (Å²) in [6, 6.07) is 8.30. The fourth-order valence-electron chi connectivity index (χ4n) is 1.61. The van der Waals surface area contributed by atoms with Crippen molar-refractivity contribution in [2.75, 3.05) is 37.8 Å². The average Bonchev–Trinajstić information content (AvgIpc) is 2.39. The van der Waals surface area contributed by atoms with Crippen LogP contribution in [0.5, 0.6) is 0 Å². The van der Waals surface area contributed by atoms with Gasteiger partial charge in [-0.05, 0) is 31.5 Å². The minimum Gasteiger partial charge on any atom is -0.383 e. The number of rotatable bonds is 7. The van der Waals surface area contributed by atoms with Gasteiger partial charge in [0.05, 0.1) is 11.3 Å². The van der Waals surface area contributed by atoms with Crippen LogP contribution in [0.1, 0.15) is 19.4 Å². The molecule has 1 N–H and O–H groups in total. The second kappa shape index (κ2) is 8.02. The van der Waals surface area contributed by atoms with Gasteiger partial charge in [-0.3, -0.25) is 0 Å². The van der Waals surface area contributed by atoms with Crippen molar-refractivity contribution in [3.05, 3.63) is 23.8 Å². The van der Waals surface area contributed by atoms with Crippen molar-refractivity contribution in [3.63, 3.8) is 0 Å². The topological polar surface area (TPSA) is 39.1 Å². The van der Waals surface area contributed by atoms with Gasteiger partial charge in [-0.25, -0.2) is 0 Å². The Kier molecular flexibility index (Phi) is 6.63. The van der Waals surface area contributed by atoms with E-state index >= 15 is 0 Å². The number of nitriles is 1. The molecule has 0 aliphatic heterocycles. The fourth-order valence-corrected chi connectivity index (χ4v) is 2.39. The summed E-state index contributed by atoms with van der Waals surface area (Å²) >= 11 is 1.71. The molecule has 0 aliphatic carbocycles. The zero-order chi connectivity index (χ0) is 13.4. The van der Waals surface area contributed by atoms with E-state index in [-0.39, 0.29) is 0 Å². The number of thioether (sulfide) groups is 1. The van der Waals surface area contributed by atoms with Crippen molar-refractivity contribution >= 4 is 17.4 Å². The van der Waals surface area contributed by atoms with Crippen LogP contribution in [0.4, 0.5) is 5.69 Å². The number of nitrogens with one attached hydrogen (secondary N) is 1. The van der Waals surface area contributed by atoms with Crippen LogP contribution >= 0.6 is 11.8 Å². The van der Waals surface area contributed by atoms with Gasteiger partial charge in [0.15, 0.2) is 0 Å². The first-order chi connectivity index (χ1) is 8.72. The number of likely N-dealkylation sites (N-methyl/N-ethyl adjacent to an activating group) is 1. The summed E-state index contributed by atoms with van der Waals surface area (Å²) in [6.07, 6.45) is 0. The average molecular weight is 263 g/mol. The summed E-state index contributed by atoms with van der Waals surface area (Å²) in [6.45, 7) is 7.12. The standard InChI is InChI=1S/C14H21N3S/c1-4-17(3)10-9-16-13-7-6-8-14(18-5-2)12(13)11-15/h6-8,16H,4-5,9-10H2,1-3H3. The number of benzene rings is 1. The van der Waals surface area contributed by atoms with Gasteiger partial charge >= 0.3 is 0 Å². The summed E-state index contributed by atoms with van der Waals surface area (Å²) in [5.74, 6) is 0.983. The van der Waals surface area contributed by atoms with Crippen molar-refractivity contribution in [2.45, 2.75) is 18.7 Å². The highest BCUT2D eigenvalue weighted by atomic mass is 32.2. The zero-order valence-electron chi connectivity index (χ0n) is 11.4. The van der Waals surface area contributed by atoms with E-state index in [2.05, 4.69) is 37.2 Å². The van der Waals surface area contributed by atoms with Gasteiger partial charge in [0.1, 0.15) is 6.07 Å². The van der Waals surface area contributed by atoms with E-state index in [0.29, 0.717) is 0 Å². The Labute approximate surface area is 114 Å². The highest BCUT2D eigenvalue weighted by Gasteiger charge is 2.07. The van der Waals surface area contributed by atoms with Crippen molar-refractivity contribution < 1.29 is 0 Å². The van der Waals surface area contributed by atoms with Gasteiger partial charge in [-0.15, -0.1) is 11.8 Å². The van der Waals surface area contributed by atoms with Crippen molar-refractivity contribution in [3.8, 4) is 6.07 Å². The first kappa shape index (κ1) is 14.9. The van der Waals surface area contributed by atoms with E-state index in [4.69, 9.17) is 0 Å². The number of hydrogen-bond acceptors (Lipinski definition) is 4. The summed E-state index contributed by atoms with van der Waals surface area (Å²) in [4.78, 5) is 3.30. The minimum atomic E-state index is 0.767. The number of anilines is 1. The molecule has 18 heavy (non-hydrogen) atoms. The molecule has 0 aromatic heterocycles. The molecule has 1 aromatic carbocycles. The van der Waals surface area contributed by atoms with Crippen LogP contribution in [-0.4, -0.2) is 37.3 Å². The molecule has 3 nitrogen and oxygen atoms in total. The Morgan fingerprint density at radius 2 is 2.17 bits per heavy atom. The quantitative estimate of drug-likeness (QED) is 0.768. The van der Waals surface area contributed by atoms with E-state index in [9.17, 15) is 5.26 Å². The van der Waals surface area contributed by atoms with Crippen LogP contribution in [0, 0.1) is 11.3 Å². The van der Waals surface area contributed by atoms with Gasteiger partial charge in [-0.2, -0.15) is 5.26 Å². The first-order valence-electron chi connectivity index (χ1n) is 6.31. The smallest absolute Gasteiger partial charge is 0.102 e. The number of nitrogens with zero attached hydrogens (tertiary/aromatic N) is 2. The van der Waals surface area contributed by atoms with Gasteiger partial charge < -0.3 is 10.2 Å². The maximum Gasteiger partial charge on any atom is 0.102 e. The molecule has 0 saturated carbocycles. The van der Waals surface area contributed by atoms with Gasteiger partial charge in [0.2, 0.25) is 0 Å². The Balaban J connectivity index is 2.70. The molecule has 0 amide bonds. The van der Waals surface area contributed by atoms with E-state index in [1.54, 1.807) is 11.8 Å². The molecule has 1 rings (SSSR count). The second-order valence-corrected chi connectivity index (χ2v) is 5.35. The predicted molar refractivity (Wildman–Crippen MR) is 79.2 cm³/mol. The van der Waals surface area contributed by atoms with Gasteiger partial charge in [0, 0.05) is 18.0 Å². The summed E-state index contributed by atoms with van der Waals surface area (Å²) in [7, 11) is 2.09. The van der Waals surface area contributed by atoms with E-state index in [0.717, 1.165) is 41.5 Å². The molecule has 0 saturated heterocycles. The molecule has 0 fully saturated rings. The molecular formula is C14H21N3S. The molecular weight excluding hydrogens is 242 g/mol. The molecule has 0 atom stereocenters. The SMILES string of the molecule is CCSc1cccc(NCCN(C)CC)c1C#N. The summed E-state index contributed by atoms with van der Waals surface area (Å²) in [5.41, 5.74) is 1.71. The Bertz CT molecular complexity index is 412. The third-order valence-electron chi connectivity index (χ3n) is 2.79. The van der Waals surface area contributed by atoms with Crippen molar-refractivity contribution in [2.24, 2.45) is 0 Å². The lowest BCUT2D eigenvalue weighted by Crippen LogP contribution is -2.24. The van der Waals surface area contributed by atoms with Crippen molar-refractivity contribution in [1.29, 1.82) is 5.26 Å². The number of hydrogen-bond donors (Lipinski definition) is 1. The van der Waals surface area contributed by atoms with Gasteiger partial charge in [-0.1, -0.05) is 19.9 Å². The molecule has 98 valence electrons. The third-order valence-corrected chi connectivity index (χ3v) is 3.73. The largest absolute Gasteiger partial charge is 0.383 e. The van der Waals surface area contributed by atoms with E-state index < -0.39 is 0 Å². The Morgan fingerprint density at radius 3 is 2.78 bits per heavy atom. The lowest BCUT2D eigenvalue weighted by atomic mass is 10.2. The molecule has 0 aliphatic rings. The monoisotopic (exact) mass is 263 g/mol.